The normalized spacial score (nSPS) is 13.2. The Labute approximate surface area is 224 Å². The SMILES string of the molecule is CCCCCNc1c(OC)ccc2c(Cc3ccc(OC)cc3)c3[n+](cc12)CCc1cc2c(cc1-3)OCO2. The van der Waals surface area contributed by atoms with Gasteiger partial charge in [-0.05, 0) is 53.9 Å². The van der Waals surface area contributed by atoms with E-state index in [2.05, 4.69) is 59.4 Å². The summed E-state index contributed by atoms with van der Waals surface area (Å²) in [5, 5.41) is 6.14. The van der Waals surface area contributed by atoms with Gasteiger partial charge in [-0.3, -0.25) is 0 Å². The maximum absolute atomic E-state index is 5.83. The van der Waals surface area contributed by atoms with Crippen LogP contribution >= 0.6 is 0 Å². The maximum Gasteiger partial charge on any atom is 0.231 e. The number of unbranched alkanes of at least 4 members (excludes halogenated alkanes) is 2. The van der Waals surface area contributed by atoms with Crippen LogP contribution < -0.4 is 28.8 Å². The molecule has 0 fully saturated rings. The average molecular weight is 512 g/mol. The number of ether oxygens (including phenoxy) is 4. The Hall–Kier alpha value is -3.93. The quantitative estimate of drug-likeness (QED) is 0.211. The third-order valence-corrected chi connectivity index (χ3v) is 7.71. The molecule has 6 nitrogen and oxygen atoms in total. The Morgan fingerprint density at radius 1 is 0.921 bits per heavy atom. The summed E-state index contributed by atoms with van der Waals surface area (Å²) in [6, 6.07) is 17.0. The lowest BCUT2D eigenvalue weighted by Crippen LogP contribution is -2.41. The summed E-state index contributed by atoms with van der Waals surface area (Å²) in [5.74, 6) is 3.41. The number of fused-ring (bicyclic) bond motifs is 5. The van der Waals surface area contributed by atoms with Crippen LogP contribution in [-0.2, 0) is 19.4 Å². The van der Waals surface area contributed by atoms with Crippen molar-refractivity contribution in [2.75, 3.05) is 32.9 Å². The monoisotopic (exact) mass is 511 g/mol. The van der Waals surface area contributed by atoms with E-state index in [1.807, 2.05) is 12.1 Å². The summed E-state index contributed by atoms with van der Waals surface area (Å²) in [6.45, 7) is 4.34. The van der Waals surface area contributed by atoms with E-state index in [-0.39, 0.29) is 6.79 Å². The molecule has 3 aromatic carbocycles. The Kier molecular flexibility index (Phi) is 6.71. The van der Waals surface area contributed by atoms with E-state index in [0.29, 0.717) is 0 Å². The lowest BCUT2D eigenvalue weighted by atomic mass is 9.88. The summed E-state index contributed by atoms with van der Waals surface area (Å²) in [7, 11) is 3.46. The van der Waals surface area contributed by atoms with Crippen molar-refractivity contribution in [1.82, 2.24) is 0 Å². The molecule has 0 aliphatic carbocycles. The largest absolute Gasteiger partial charge is 0.497 e. The molecular weight excluding hydrogens is 476 g/mol. The number of aromatic nitrogens is 1. The smallest absolute Gasteiger partial charge is 0.231 e. The van der Waals surface area contributed by atoms with Crippen LogP contribution in [0.2, 0.25) is 0 Å². The van der Waals surface area contributed by atoms with Crippen LogP contribution in [-0.4, -0.2) is 27.6 Å². The Morgan fingerprint density at radius 2 is 1.74 bits per heavy atom. The van der Waals surface area contributed by atoms with E-state index in [1.54, 1.807) is 14.2 Å². The van der Waals surface area contributed by atoms with Crippen LogP contribution in [0.1, 0.15) is 42.9 Å². The first-order chi connectivity index (χ1) is 18.7. The van der Waals surface area contributed by atoms with Crippen molar-refractivity contribution < 1.29 is 23.5 Å². The molecule has 0 bridgehead atoms. The van der Waals surface area contributed by atoms with Crippen molar-refractivity contribution in [2.24, 2.45) is 0 Å². The third kappa shape index (κ3) is 4.38. The molecule has 1 N–H and O–H groups in total. The Bertz CT molecular complexity index is 1480. The molecule has 0 atom stereocenters. The summed E-state index contributed by atoms with van der Waals surface area (Å²) >= 11 is 0. The van der Waals surface area contributed by atoms with Crippen molar-refractivity contribution >= 4 is 16.5 Å². The molecule has 2 aliphatic heterocycles. The van der Waals surface area contributed by atoms with Crippen molar-refractivity contribution in [1.29, 1.82) is 0 Å². The first-order valence-corrected chi connectivity index (χ1v) is 13.6. The number of pyridine rings is 1. The standard InChI is InChI=1S/C32H34N2O4/c1-4-5-6-14-33-31-27-19-34-15-13-22-17-29-30(38-20-37-29)18-25(22)32(34)26(24(27)11-12-28(31)36-3)16-21-7-9-23(35-2)10-8-21/h7-12,17-19H,4-6,13-16,20H2,1-3H3/p+1. The topological polar surface area (TPSA) is 52.8 Å². The minimum absolute atomic E-state index is 0.279. The lowest BCUT2D eigenvalue weighted by Gasteiger charge is -2.22. The highest BCUT2D eigenvalue weighted by Crippen LogP contribution is 2.43. The van der Waals surface area contributed by atoms with E-state index in [9.17, 15) is 0 Å². The number of benzene rings is 3. The Morgan fingerprint density at radius 3 is 2.50 bits per heavy atom. The fraction of sp³-hybridized carbons (Fsp3) is 0.344. The minimum atomic E-state index is 0.279. The zero-order chi connectivity index (χ0) is 26.1. The van der Waals surface area contributed by atoms with Crippen LogP contribution in [0.5, 0.6) is 23.0 Å². The molecule has 0 unspecified atom stereocenters. The maximum atomic E-state index is 5.83. The van der Waals surface area contributed by atoms with E-state index in [0.717, 1.165) is 61.0 Å². The van der Waals surface area contributed by atoms with E-state index in [4.69, 9.17) is 18.9 Å². The molecule has 4 aromatic rings. The lowest BCUT2D eigenvalue weighted by molar-refractivity contribution is -0.686. The number of methoxy groups -OCH3 is 2. The van der Waals surface area contributed by atoms with Crippen molar-refractivity contribution in [3.8, 4) is 34.3 Å². The Balaban J connectivity index is 1.55. The predicted molar refractivity (Wildman–Crippen MR) is 150 cm³/mol. The van der Waals surface area contributed by atoms with Gasteiger partial charge in [0.1, 0.15) is 11.5 Å². The minimum Gasteiger partial charge on any atom is -0.497 e. The molecule has 6 rings (SSSR count). The van der Waals surface area contributed by atoms with E-state index >= 15 is 0 Å². The van der Waals surface area contributed by atoms with Gasteiger partial charge in [0.25, 0.3) is 0 Å². The van der Waals surface area contributed by atoms with Gasteiger partial charge >= 0.3 is 0 Å². The van der Waals surface area contributed by atoms with Gasteiger partial charge in [0, 0.05) is 30.3 Å². The molecule has 0 amide bonds. The first kappa shape index (κ1) is 24.4. The summed E-state index contributed by atoms with van der Waals surface area (Å²) in [6.07, 6.45) is 7.59. The molecule has 1 aromatic heterocycles. The fourth-order valence-electron chi connectivity index (χ4n) is 5.73. The number of aryl methyl sites for hydroxylation is 2. The van der Waals surface area contributed by atoms with Crippen molar-refractivity contribution in [2.45, 2.75) is 45.6 Å². The highest BCUT2D eigenvalue weighted by atomic mass is 16.7. The van der Waals surface area contributed by atoms with Gasteiger partial charge in [-0.15, -0.1) is 0 Å². The van der Waals surface area contributed by atoms with E-state index in [1.165, 1.54) is 51.6 Å². The van der Waals surface area contributed by atoms with Gasteiger partial charge in [-0.2, -0.15) is 4.57 Å². The molecule has 2 aliphatic rings. The number of nitrogens with one attached hydrogen (secondary N) is 1. The predicted octanol–water partition coefficient (Wildman–Crippen LogP) is 6.29. The summed E-state index contributed by atoms with van der Waals surface area (Å²) in [5.41, 5.74) is 7.38. The second-order valence-corrected chi connectivity index (χ2v) is 10.0. The zero-order valence-corrected chi connectivity index (χ0v) is 22.4. The number of hydrogen-bond donors (Lipinski definition) is 1. The first-order valence-electron chi connectivity index (χ1n) is 13.6. The summed E-state index contributed by atoms with van der Waals surface area (Å²) in [4.78, 5) is 0. The van der Waals surface area contributed by atoms with Crippen LogP contribution in [0.3, 0.4) is 0 Å². The molecule has 0 saturated carbocycles. The second-order valence-electron chi connectivity index (χ2n) is 10.0. The number of anilines is 1. The van der Waals surface area contributed by atoms with Crippen LogP contribution in [0.15, 0.2) is 54.7 Å². The second kappa shape index (κ2) is 10.4. The molecule has 196 valence electrons. The molecule has 0 radical (unpaired) electrons. The van der Waals surface area contributed by atoms with Crippen molar-refractivity contribution in [3.05, 3.63) is 71.4 Å². The number of rotatable bonds is 9. The third-order valence-electron chi connectivity index (χ3n) is 7.71. The highest BCUT2D eigenvalue weighted by Gasteiger charge is 2.32. The van der Waals surface area contributed by atoms with Crippen LogP contribution in [0.25, 0.3) is 22.0 Å². The van der Waals surface area contributed by atoms with Gasteiger partial charge in [0.2, 0.25) is 12.5 Å². The van der Waals surface area contributed by atoms with Gasteiger partial charge in [0.05, 0.1) is 30.9 Å². The number of hydrogen-bond acceptors (Lipinski definition) is 5. The molecule has 0 spiro atoms. The van der Waals surface area contributed by atoms with Gasteiger partial charge in [0.15, 0.2) is 24.2 Å². The van der Waals surface area contributed by atoms with Crippen LogP contribution in [0.4, 0.5) is 5.69 Å². The molecule has 3 heterocycles. The fourth-order valence-corrected chi connectivity index (χ4v) is 5.73. The average Bonchev–Trinajstić information content (AvgIpc) is 3.41. The molecule has 38 heavy (non-hydrogen) atoms. The van der Waals surface area contributed by atoms with Gasteiger partial charge in [-0.1, -0.05) is 31.9 Å². The zero-order valence-electron chi connectivity index (χ0n) is 22.4. The number of nitrogens with zero attached hydrogens (tertiary/aromatic N) is 1. The van der Waals surface area contributed by atoms with Gasteiger partial charge in [-0.25, -0.2) is 0 Å². The van der Waals surface area contributed by atoms with Gasteiger partial charge < -0.3 is 24.3 Å². The molecule has 0 saturated heterocycles. The van der Waals surface area contributed by atoms with E-state index < -0.39 is 0 Å². The highest BCUT2D eigenvalue weighted by molar-refractivity contribution is 6.00. The molecular formula is C32H35N2O4+. The molecule has 6 heteroatoms. The summed E-state index contributed by atoms with van der Waals surface area (Å²) < 4.78 is 25.2. The van der Waals surface area contributed by atoms with Crippen LogP contribution in [0, 0.1) is 0 Å². The van der Waals surface area contributed by atoms with Crippen molar-refractivity contribution in [3.63, 3.8) is 0 Å².